The number of piperidine rings is 1. The number of carboxylic acid groups (broad SMARTS) is 1. The molecule has 3 rings (SSSR count). The first-order valence-corrected chi connectivity index (χ1v) is 9.21. The Morgan fingerprint density at radius 2 is 1.85 bits per heavy atom. The average Bonchev–Trinajstić information content (AvgIpc) is 3.21. The van der Waals surface area contributed by atoms with Crippen molar-refractivity contribution in [1.82, 2.24) is 14.7 Å². The Morgan fingerprint density at radius 1 is 1.22 bits per heavy atom. The molecular weight excluding hydrogens is 346 g/mol. The molecule has 1 N–H and O–H groups in total. The number of hydrogen-bond acceptors (Lipinski definition) is 4. The van der Waals surface area contributed by atoms with Crippen LogP contribution >= 0.6 is 0 Å². The second-order valence-electron chi connectivity index (χ2n) is 8.35. The number of likely N-dealkylation sites (tertiary alicyclic amines) is 1. The van der Waals surface area contributed by atoms with Gasteiger partial charge >= 0.3 is 5.97 Å². The Kier molecular flexibility index (Phi) is 4.66. The van der Waals surface area contributed by atoms with E-state index in [1.807, 2.05) is 26.8 Å². The van der Waals surface area contributed by atoms with Gasteiger partial charge in [-0.3, -0.25) is 9.48 Å². The van der Waals surface area contributed by atoms with Gasteiger partial charge in [0, 0.05) is 37.5 Å². The average molecular weight is 373 g/mol. The zero-order valence-corrected chi connectivity index (χ0v) is 16.6. The van der Waals surface area contributed by atoms with Crippen LogP contribution in [0, 0.1) is 13.8 Å². The lowest BCUT2D eigenvalue weighted by atomic mass is 9.87. The number of rotatable bonds is 3. The summed E-state index contributed by atoms with van der Waals surface area (Å²) in [5, 5.41) is 14.5. The quantitative estimate of drug-likeness (QED) is 0.893. The van der Waals surface area contributed by atoms with Crippen LogP contribution in [-0.2, 0) is 15.7 Å². The molecule has 0 aromatic carbocycles. The van der Waals surface area contributed by atoms with E-state index in [1.165, 1.54) is 0 Å². The SMILES string of the molecule is Cc1cc(C(=O)N2CCC(C(=O)O)(n3ccc(C(C)(C)C)n3)CC2)c(C)o1. The molecule has 7 heteroatoms. The first-order valence-electron chi connectivity index (χ1n) is 9.21. The topological polar surface area (TPSA) is 88.6 Å². The highest BCUT2D eigenvalue weighted by Gasteiger charge is 2.45. The number of aryl methyl sites for hydroxylation is 2. The summed E-state index contributed by atoms with van der Waals surface area (Å²) in [4.78, 5) is 26.6. The highest BCUT2D eigenvalue weighted by Crippen LogP contribution is 2.33. The van der Waals surface area contributed by atoms with E-state index < -0.39 is 11.5 Å². The molecule has 0 saturated carbocycles. The van der Waals surface area contributed by atoms with E-state index in [-0.39, 0.29) is 11.3 Å². The standard InChI is InChI=1S/C20H27N3O4/c1-13-12-15(14(2)27-13)17(24)22-10-7-20(8-11-22,18(25)26)23-9-6-16(21-23)19(3,4)5/h6,9,12H,7-8,10-11H2,1-5H3,(H,25,26). The Balaban J connectivity index is 1.82. The largest absolute Gasteiger partial charge is 0.479 e. The smallest absolute Gasteiger partial charge is 0.331 e. The van der Waals surface area contributed by atoms with E-state index in [1.54, 1.807) is 35.7 Å². The molecule has 146 valence electrons. The minimum atomic E-state index is -1.12. The fourth-order valence-electron chi connectivity index (χ4n) is 3.60. The van der Waals surface area contributed by atoms with Crippen LogP contribution in [0.3, 0.4) is 0 Å². The Hall–Kier alpha value is -2.57. The fourth-order valence-corrected chi connectivity index (χ4v) is 3.60. The van der Waals surface area contributed by atoms with Gasteiger partial charge in [-0.05, 0) is 26.0 Å². The first-order chi connectivity index (χ1) is 12.5. The van der Waals surface area contributed by atoms with Gasteiger partial charge in [-0.25, -0.2) is 4.79 Å². The van der Waals surface area contributed by atoms with E-state index in [2.05, 4.69) is 5.10 Å². The van der Waals surface area contributed by atoms with Crippen molar-refractivity contribution in [1.29, 1.82) is 0 Å². The number of nitrogens with zero attached hydrogens (tertiary/aromatic N) is 3. The van der Waals surface area contributed by atoms with Crippen LogP contribution in [0.5, 0.6) is 0 Å². The zero-order chi connectivity index (χ0) is 20.0. The molecule has 7 nitrogen and oxygen atoms in total. The number of aromatic nitrogens is 2. The molecule has 0 aliphatic carbocycles. The minimum absolute atomic E-state index is 0.112. The predicted octanol–water partition coefficient (Wildman–Crippen LogP) is 3.11. The Morgan fingerprint density at radius 3 is 2.30 bits per heavy atom. The highest BCUT2D eigenvalue weighted by molar-refractivity contribution is 5.95. The van der Waals surface area contributed by atoms with Crippen LogP contribution < -0.4 is 0 Å². The monoisotopic (exact) mass is 373 g/mol. The summed E-state index contributed by atoms with van der Waals surface area (Å²) < 4.78 is 7.03. The molecule has 27 heavy (non-hydrogen) atoms. The molecule has 1 aliphatic heterocycles. The lowest BCUT2D eigenvalue weighted by molar-refractivity contribution is -0.150. The maximum Gasteiger partial charge on any atom is 0.331 e. The number of amides is 1. The molecule has 3 heterocycles. The van der Waals surface area contributed by atoms with E-state index in [0.717, 1.165) is 5.69 Å². The van der Waals surface area contributed by atoms with Crippen molar-refractivity contribution in [2.45, 2.75) is 58.4 Å². The maximum atomic E-state index is 12.8. The van der Waals surface area contributed by atoms with E-state index >= 15 is 0 Å². The number of aliphatic carboxylic acids is 1. The van der Waals surface area contributed by atoms with Crippen LogP contribution in [-0.4, -0.2) is 44.8 Å². The van der Waals surface area contributed by atoms with E-state index in [4.69, 9.17) is 4.42 Å². The summed E-state index contributed by atoms with van der Waals surface area (Å²) in [7, 11) is 0. The molecule has 1 amide bonds. The Labute approximate surface area is 159 Å². The van der Waals surface area contributed by atoms with Crippen molar-refractivity contribution >= 4 is 11.9 Å². The van der Waals surface area contributed by atoms with Crippen LogP contribution in [0.15, 0.2) is 22.7 Å². The molecule has 1 saturated heterocycles. The van der Waals surface area contributed by atoms with E-state index in [0.29, 0.717) is 43.0 Å². The fraction of sp³-hybridized carbons (Fsp3) is 0.550. The third kappa shape index (κ3) is 3.38. The van der Waals surface area contributed by atoms with Crippen molar-refractivity contribution in [2.24, 2.45) is 0 Å². The van der Waals surface area contributed by atoms with Gasteiger partial charge in [0.15, 0.2) is 5.54 Å². The predicted molar refractivity (Wildman–Crippen MR) is 99.9 cm³/mol. The van der Waals surface area contributed by atoms with Crippen LogP contribution in [0.2, 0.25) is 0 Å². The van der Waals surface area contributed by atoms with Crippen molar-refractivity contribution in [3.05, 3.63) is 41.1 Å². The first kappa shape index (κ1) is 19.2. The van der Waals surface area contributed by atoms with Gasteiger partial charge in [0.2, 0.25) is 0 Å². The van der Waals surface area contributed by atoms with Gasteiger partial charge in [0.25, 0.3) is 5.91 Å². The van der Waals surface area contributed by atoms with Crippen LogP contribution in [0.4, 0.5) is 0 Å². The molecule has 2 aromatic heterocycles. The van der Waals surface area contributed by atoms with Crippen molar-refractivity contribution in [3.63, 3.8) is 0 Å². The van der Waals surface area contributed by atoms with Crippen molar-refractivity contribution in [3.8, 4) is 0 Å². The number of hydrogen-bond donors (Lipinski definition) is 1. The Bertz CT molecular complexity index is 864. The van der Waals surface area contributed by atoms with Gasteiger partial charge in [-0.2, -0.15) is 5.10 Å². The molecule has 0 spiro atoms. The van der Waals surface area contributed by atoms with Gasteiger partial charge in [0.1, 0.15) is 11.5 Å². The summed E-state index contributed by atoms with van der Waals surface area (Å²) in [6.45, 7) is 10.4. The number of carboxylic acids is 1. The molecule has 2 aromatic rings. The summed E-state index contributed by atoms with van der Waals surface area (Å²) in [6, 6.07) is 3.61. The summed E-state index contributed by atoms with van der Waals surface area (Å²) in [6.07, 6.45) is 2.38. The van der Waals surface area contributed by atoms with Gasteiger partial charge in [-0.15, -0.1) is 0 Å². The van der Waals surface area contributed by atoms with Crippen molar-refractivity contribution in [2.75, 3.05) is 13.1 Å². The third-order valence-corrected chi connectivity index (χ3v) is 5.34. The van der Waals surface area contributed by atoms with Gasteiger partial charge < -0.3 is 14.4 Å². The summed E-state index contributed by atoms with van der Waals surface area (Å²) in [5.41, 5.74) is 0.121. The lowest BCUT2D eigenvalue weighted by Gasteiger charge is -2.39. The number of carbonyl (C=O) groups excluding carboxylic acids is 1. The molecular formula is C20H27N3O4. The highest BCUT2D eigenvalue weighted by atomic mass is 16.4. The number of furan rings is 1. The van der Waals surface area contributed by atoms with E-state index in [9.17, 15) is 14.7 Å². The molecule has 1 fully saturated rings. The summed E-state index contributed by atoms with van der Waals surface area (Å²) in [5.74, 6) is 0.265. The normalized spacial score (nSPS) is 17.1. The molecule has 0 radical (unpaired) electrons. The van der Waals surface area contributed by atoms with Gasteiger partial charge in [-0.1, -0.05) is 20.8 Å². The van der Waals surface area contributed by atoms with Gasteiger partial charge in [0.05, 0.1) is 11.3 Å². The third-order valence-electron chi connectivity index (χ3n) is 5.34. The molecule has 0 bridgehead atoms. The van der Waals surface area contributed by atoms with Crippen LogP contribution in [0.25, 0.3) is 0 Å². The zero-order valence-electron chi connectivity index (χ0n) is 16.6. The molecule has 0 unspecified atom stereocenters. The second-order valence-corrected chi connectivity index (χ2v) is 8.35. The summed E-state index contributed by atoms with van der Waals surface area (Å²) >= 11 is 0. The maximum absolute atomic E-state index is 12.8. The molecule has 1 aliphatic rings. The minimum Gasteiger partial charge on any atom is -0.479 e. The lowest BCUT2D eigenvalue weighted by Crippen LogP contribution is -2.52. The van der Waals surface area contributed by atoms with Crippen molar-refractivity contribution < 1.29 is 19.1 Å². The molecule has 0 atom stereocenters. The number of carbonyl (C=O) groups is 2. The van der Waals surface area contributed by atoms with Crippen LogP contribution in [0.1, 0.15) is 61.2 Å². The second kappa shape index (κ2) is 6.55.